The van der Waals surface area contributed by atoms with Crippen molar-refractivity contribution in [1.29, 1.82) is 0 Å². The van der Waals surface area contributed by atoms with Crippen LogP contribution in [-0.4, -0.2) is 36.8 Å². The molecule has 0 saturated heterocycles. The number of hydrogen-bond donors (Lipinski definition) is 1. The summed E-state index contributed by atoms with van der Waals surface area (Å²) in [6.07, 6.45) is 5.37. The van der Waals surface area contributed by atoms with Gasteiger partial charge in [0.15, 0.2) is 18.1 Å². The summed E-state index contributed by atoms with van der Waals surface area (Å²) in [5.74, 6) is 0.271. The maximum Gasteiger partial charge on any atom is 0.345 e. The minimum Gasteiger partial charge on any atom is -0.493 e. The fourth-order valence-corrected chi connectivity index (χ4v) is 2.67. The number of nitrogens with zero attached hydrogens (tertiary/aromatic N) is 2. The molecule has 32 heavy (non-hydrogen) atoms. The number of benzene rings is 2. The third-order valence-corrected chi connectivity index (χ3v) is 4.39. The third-order valence-electron chi connectivity index (χ3n) is 4.39. The lowest BCUT2D eigenvalue weighted by atomic mass is 10.2. The highest BCUT2D eigenvalue weighted by atomic mass is 16.6. The van der Waals surface area contributed by atoms with Crippen LogP contribution in [0.1, 0.15) is 28.4 Å². The molecule has 0 fully saturated rings. The molecule has 2 aromatic carbocycles. The number of hydrazone groups is 1. The summed E-state index contributed by atoms with van der Waals surface area (Å²) in [6, 6.07) is 15.7. The Labute approximate surface area is 185 Å². The lowest BCUT2D eigenvalue weighted by Gasteiger charge is -2.09. The van der Waals surface area contributed by atoms with Gasteiger partial charge in [0.25, 0.3) is 5.91 Å². The largest absolute Gasteiger partial charge is 0.493 e. The number of methoxy groups -OCH3 is 1. The Morgan fingerprint density at radius 2 is 1.91 bits per heavy atom. The molecule has 1 amide bonds. The van der Waals surface area contributed by atoms with Crippen molar-refractivity contribution in [2.24, 2.45) is 5.10 Å². The minimum atomic E-state index is -0.547. The number of nitrogens with one attached hydrogen (secondary N) is 1. The predicted octanol–water partition coefficient (Wildman–Crippen LogP) is 3.40. The second-order valence-corrected chi connectivity index (χ2v) is 6.62. The molecule has 0 aliphatic heterocycles. The molecule has 164 valence electrons. The van der Waals surface area contributed by atoms with Gasteiger partial charge in [-0.1, -0.05) is 19.1 Å². The van der Waals surface area contributed by atoms with Crippen molar-refractivity contribution in [1.82, 2.24) is 10.4 Å². The SMILES string of the molecule is CCc1ccc(OCC(=O)N/N=C/c2ccc(OC(=O)c3cccnc3)c(OC)c2)cc1. The zero-order valence-corrected chi connectivity index (χ0v) is 17.8. The molecule has 8 heteroatoms. The van der Waals surface area contributed by atoms with Crippen molar-refractivity contribution in [2.75, 3.05) is 13.7 Å². The molecule has 0 spiro atoms. The van der Waals surface area contributed by atoms with Crippen LogP contribution in [0, 0.1) is 0 Å². The van der Waals surface area contributed by atoms with E-state index in [9.17, 15) is 9.59 Å². The van der Waals surface area contributed by atoms with Gasteiger partial charge in [0.05, 0.1) is 18.9 Å². The van der Waals surface area contributed by atoms with Crippen LogP contribution in [0.3, 0.4) is 0 Å². The van der Waals surface area contributed by atoms with E-state index >= 15 is 0 Å². The van der Waals surface area contributed by atoms with Crippen molar-refractivity contribution in [3.05, 3.63) is 83.7 Å². The zero-order valence-electron chi connectivity index (χ0n) is 17.8. The highest BCUT2D eigenvalue weighted by Crippen LogP contribution is 2.28. The van der Waals surface area contributed by atoms with Crippen LogP contribution in [0.2, 0.25) is 0 Å². The zero-order chi connectivity index (χ0) is 22.8. The van der Waals surface area contributed by atoms with E-state index in [2.05, 4.69) is 22.4 Å². The van der Waals surface area contributed by atoms with Gasteiger partial charge in [0.2, 0.25) is 0 Å². The molecule has 0 radical (unpaired) electrons. The number of hydrogen-bond acceptors (Lipinski definition) is 7. The van der Waals surface area contributed by atoms with E-state index in [0.29, 0.717) is 22.6 Å². The molecular formula is C24H23N3O5. The highest BCUT2D eigenvalue weighted by molar-refractivity contribution is 5.91. The molecular weight excluding hydrogens is 410 g/mol. The number of carbonyl (C=O) groups excluding carboxylic acids is 2. The molecule has 0 saturated carbocycles. The second-order valence-electron chi connectivity index (χ2n) is 6.62. The van der Waals surface area contributed by atoms with Gasteiger partial charge in [-0.3, -0.25) is 9.78 Å². The standard InChI is InChI=1S/C24H23N3O5/c1-3-17-6-9-20(10-7-17)31-16-23(28)27-26-14-18-8-11-21(22(13-18)30-2)32-24(29)19-5-4-12-25-15-19/h4-15H,3,16H2,1-2H3,(H,27,28)/b26-14+. The second kappa shape index (κ2) is 11.3. The number of amides is 1. The highest BCUT2D eigenvalue weighted by Gasteiger charge is 2.13. The van der Waals surface area contributed by atoms with Crippen molar-refractivity contribution < 1.29 is 23.8 Å². The topological polar surface area (TPSA) is 99.1 Å². The van der Waals surface area contributed by atoms with Gasteiger partial charge in [0.1, 0.15) is 5.75 Å². The Kier molecular flexibility index (Phi) is 7.91. The first-order valence-corrected chi connectivity index (χ1v) is 9.93. The number of aromatic nitrogens is 1. The Hall–Kier alpha value is -4.20. The average molecular weight is 433 g/mol. The normalized spacial score (nSPS) is 10.6. The van der Waals surface area contributed by atoms with Gasteiger partial charge in [-0.25, -0.2) is 10.2 Å². The maximum absolute atomic E-state index is 12.2. The number of esters is 1. The lowest BCUT2D eigenvalue weighted by molar-refractivity contribution is -0.123. The van der Waals surface area contributed by atoms with E-state index in [-0.39, 0.29) is 12.4 Å². The van der Waals surface area contributed by atoms with Gasteiger partial charge in [0, 0.05) is 12.4 Å². The summed E-state index contributed by atoms with van der Waals surface area (Å²) >= 11 is 0. The van der Waals surface area contributed by atoms with Crippen LogP contribution >= 0.6 is 0 Å². The summed E-state index contributed by atoms with van der Waals surface area (Å²) in [4.78, 5) is 28.0. The van der Waals surface area contributed by atoms with Crippen molar-refractivity contribution >= 4 is 18.1 Å². The molecule has 0 unspecified atom stereocenters. The van der Waals surface area contributed by atoms with Crippen molar-refractivity contribution in [3.63, 3.8) is 0 Å². The molecule has 0 aliphatic carbocycles. The van der Waals surface area contributed by atoms with Gasteiger partial charge in [-0.15, -0.1) is 0 Å². The van der Waals surface area contributed by atoms with E-state index in [1.165, 1.54) is 25.1 Å². The fraction of sp³-hybridized carbons (Fsp3) is 0.167. The number of rotatable bonds is 9. The van der Waals surface area contributed by atoms with Gasteiger partial charge < -0.3 is 14.2 Å². The van der Waals surface area contributed by atoms with Crippen LogP contribution < -0.4 is 19.6 Å². The monoisotopic (exact) mass is 433 g/mol. The average Bonchev–Trinajstić information content (AvgIpc) is 2.84. The Morgan fingerprint density at radius 1 is 1.09 bits per heavy atom. The molecule has 0 atom stereocenters. The first-order chi connectivity index (χ1) is 15.6. The summed E-state index contributed by atoms with van der Waals surface area (Å²) in [5, 5.41) is 3.92. The summed E-state index contributed by atoms with van der Waals surface area (Å²) in [7, 11) is 1.46. The van der Waals surface area contributed by atoms with E-state index in [1.807, 2.05) is 24.3 Å². The van der Waals surface area contributed by atoms with Gasteiger partial charge in [-0.2, -0.15) is 5.10 Å². The van der Waals surface area contributed by atoms with Crippen LogP contribution in [0.5, 0.6) is 17.2 Å². The summed E-state index contributed by atoms with van der Waals surface area (Å²) in [6.45, 7) is 1.91. The van der Waals surface area contributed by atoms with E-state index in [1.54, 1.807) is 36.5 Å². The molecule has 0 bridgehead atoms. The van der Waals surface area contributed by atoms with Crippen molar-refractivity contribution in [2.45, 2.75) is 13.3 Å². The van der Waals surface area contributed by atoms with Crippen LogP contribution in [0.4, 0.5) is 0 Å². The molecule has 8 nitrogen and oxygen atoms in total. The van der Waals surface area contributed by atoms with Crippen molar-refractivity contribution in [3.8, 4) is 17.2 Å². The van der Waals surface area contributed by atoms with E-state index < -0.39 is 11.9 Å². The van der Waals surface area contributed by atoms with E-state index in [0.717, 1.165) is 6.42 Å². The fourth-order valence-electron chi connectivity index (χ4n) is 2.67. The third kappa shape index (κ3) is 6.40. The molecule has 1 N–H and O–H groups in total. The smallest absolute Gasteiger partial charge is 0.345 e. The molecule has 0 aliphatic rings. The molecule has 1 heterocycles. The molecule has 3 rings (SSSR count). The summed E-state index contributed by atoms with van der Waals surface area (Å²) in [5.41, 5.74) is 4.56. The first kappa shape index (κ1) is 22.5. The minimum absolute atomic E-state index is 0.157. The summed E-state index contributed by atoms with van der Waals surface area (Å²) < 4.78 is 16.1. The number of aryl methyl sites for hydroxylation is 1. The number of pyridine rings is 1. The Morgan fingerprint density at radius 3 is 2.59 bits per heavy atom. The first-order valence-electron chi connectivity index (χ1n) is 9.93. The Balaban J connectivity index is 1.53. The quantitative estimate of drug-likeness (QED) is 0.240. The predicted molar refractivity (Wildman–Crippen MR) is 119 cm³/mol. The number of carbonyl (C=O) groups is 2. The van der Waals surface area contributed by atoms with Gasteiger partial charge >= 0.3 is 5.97 Å². The molecule has 3 aromatic rings. The maximum atomic E-state index is 12.2. The van der Waals surface area contributed by atoms with Crippen LogP contribution in [-0.2, 0) is 11.2 Å². The van der Waals surface area contributed by atoms with E-state index in [4.69, 9.17) is 14.2 Å². The molecule has 1 aromatic heterocycles. The Bertz CT molecular complexity index is 1080. The van der Waals surface area contributed by atoms with Crippen LogP contribution in [0.25, 0.3) is 0 Å². The number of ether oxygens (including phenoxy) is 3. The van der Waals surface area contributed by atoms with Crippen LogP contribution in [0.15, 0.2) is 72.1 Å². The van der Waals surface area contributed by atoms with Gasteiger partial charge in [-0.05, 0) is 60.0 Å². The lowest BCUT2D eigenvalue weighted by Crippen LogP contribution is -2.24.